The van der Waals surface area contributed by atoms with Crippen LogP contribution in [-0.4, -0.2) is 48.0 Å². The number of hydrogen-bond acceptors (Lipinski definition) is 5. The minimum atomic E-state index is -0.131. The summed E-state index contributed by atoms with van der Waals surface area (Å²) < 4.78 is 11.0. The molecule has 3 aliphatic heterocycles. The Hall–Kier alpha value is -2.86. The van der Waals surface area contributed by atoms with Crippen molar-refractivity contribution in [1.29, 1.82) is 0 Å². The first-order valence-corrected chi connectivity index (χ1v) is 10.8. The number of nitrogens with zero attached hydrogens (tertiary/aromatic N) is 3. The van der Waals surface area contributed by atoms with Gasteiger partial charge in [0.05, 0.1) is 18.3 Å². The SMILES string of the molecule is Cc1ccc(C2=NN(C(=O)CN3CCCCC3)C(c3ccc4c(c3)OCO4)C2)cc1. The molecular weight excluding hydrogens is 378 g/mol. The van der Waals surface area contributed by atoms with Crippen molar-refractivity contribution in [2.45, 2.75) is 38.6 Å². The largest absolute Gasteiger partial charge is 0.454 e. The van der Waals surface area contributed by atoms with Gasteiger partial charge in [0.15, 0.2) is 11.5 Å². The Labute approximate surface area is 177 Å². The minimum Gasteiger partial charge on any atom is -0.454 e. The Morgan fingerprint density at radius 2 is 1.80 bits per heavy atom. The van der Waals surface area contributed by atoms with Crippen LogP contribution >= 0.6 is 0 Å². The van der Waals surface area contributed by atoms with Gasteiger partial charge in [-0.25, -0.2) is 5.01 Å². The van der Waals surface area contributed by atoms with E-state index in [1.165, 1.54) is 12.0 Å². The molecule has 2 aromatic rings. The van der Waals surface area contributed by atoms with Crippen molar-refractivity contribution in [1.82, 2.24) is 9.91 Å². The van der Waals surface area contributed by atoms with Gasteiger partial charge in [0, 0.05) is 6.42 Å². The van der Waals surface area contributed by atoms with E-state index in [1.54, 1.807) is 5.01 Å². The predicted octanol–water partition coefficient (Wildman–Crippen LogP) is 3.89. The predicted molar refractivity (Wildman–Crippen MR) is 115 cm³/mol. The molecule has 1 unspecified atom stereocenters. The smallest absolute Gasteiger partial charge is 0.257 e. The van der Waals surface area contributed by atoms with Crippen LogP contribution in [0, 0.1) is 6.92 Å². The lowest BCUT2D eigenvalue weighted by Crippen LogP contribution is -2.40. The molecule has 1 atom stereocenters. The number of likely N-dealkylation sites (tertiary alicyclic amines) is 1. The Morgan fingerprint density at radius 3 is 2.60 bits per heavy atom. The number of fused-ring (bicyclic) bond motifs is 1. The summed E-state index contributed by atoms with van der Waals surface area (Å²) in [5, 5.41) is 6.50. The molecule has 0 spiro atoms. The Kier molecular flexibility index (Phi) is 5.17. The Morgan fingerprint density at radius 1 is 1.03 bits per heavy atom. The van der Waals surface area contributed by atoms with Crippen LogP contribution in [0.2, 0.25) is 0 Å². The second-order valence-electron chi connectivity index (χ2n) is 8.32. The van der Waals surface area contributed by atoms with Crippen LogP contribution in [0.3, 0.4) is 0 Å². The van der Waals surface area contributed by atoms with E-state index in [9.17, 15) is 4.79 Å². The van der Waals surface area contributed by atoms with Gasteiger partial charge in [-0.2, -0.15) is 5.10 Å². The monoisotopic (exact) mass is 405 g/mol. The molecular formula is C24H27N3O3. The van der Waals surface area contributed by atoms with Crippen molar-refractivity contribution in [2.24, 2.45) is 5.10 Å². The summed E-state index contributed by atoms with van der Waals surface area (Å²) in [6.45, 7) is 4.72. The van der Waals surface area contributed by atoms with Gasteiger partial charge in [-0.3, -0.25) is 9.69 Å². The third kappa shape index (κ3) is 3.79. The molecule has 156 valence electrons. The van der Waals surface area contributed by atoms with E-state index in [2.05, 4.69) is 36.1 Å². The summed E-state index contributed by atoms with van der Waals surface area (Å²) in [7, 11) is 0. The van der Waals surface area contributed by atoms with Gasteiger partial charge >= 0.3 is 0 Å². The summed E-state index contributed by atoms with van der Waals surface area (Å²) in [5.41, 5.74) is 4.25. The Bertz CT molecular complexity index is 964. The number of amides is 1. The van der Waals surface area contributed by atoms with E-state index < -0.39 is 0 Å². The molecule has 0 aromatic heterocycles. The van der Waals surface area contributed by atoms with E-state index in [-0.39, 0.29) is 18.7 Å². The van der Waals surface area contributed by atoms with E-state index >= 15 is 0 Å². The first kappa shape index (κ1) is 19.1. The lowest BCUT2D eigenvalue weighted by atomic mass is 9.97. The van der Waals surface area contributed by atoms with Gasteiger partial charge in [-0.15, -0.1) is 0 Å². The summed E-state index contributed by atoms with van der Waals surface area (Å²) in [4.78, 5) is 15.5. The fraction of sp³-hybridized carbons (Fsp3) is 0.417. The highest BCUT2D eigenvalue weighted by atomic mass is 16.7. The quantitative estimate of drug-likeness (QED) is 0.775. The highest BCUT2D eigenvalue weighted by molar-refractivity contribution is 6.03. The normalized spacial score (nSPS) is 21.0. The van der Waals surface area contributed by atoms with Gasteiger partial charge in [0.1, 0.15) is 0 Å². The molecule has 1 fully saturated rings. The summed E-state index contributed by atoms with van der Waals surface area (Å²) in [6, 6.07) is 14.2. The molecule has 1 amide bonds. The first-order valence-electron chi connectivity index (χ1n) is 10.8. The zero-order chi connectivity index (χ0) is 20.5. The van der Waals surface area contributed by atoms with Gasteiger partial charge in [-0.05, 0) is 56.1 Å². The molecule has 1 saturated heterocycles. The van der Waals surface area contributed by atoms with Crippen molar-refractivity contribution in [3.63, 3.8) is 0 Å². The van der Waals surface area contributed by atoms with Gasteiger partial charge in [-0.1, -0.05) is 42.3 Å². The molecule has 6 heteroatoms. The van der Waals surface area contributed by atoms with Crippen LogP contribution in [0.25, 0.3) is 0 Å². The Balaban J connectivity index is 1.43. The van der Waals surface area contributed by atoms with Crippen LogP contribution in [0.4, 0.5) is 0 Å². The van der Waals surface area contributed by atoms with E-state index in [0.717, 1.165) is 54.3 Å². The topological polar surface area (TPSA) is 54.4 Å². The van der Waals surface area contributed by atoms with Crippen molar-refractivity contribution < 1.29 is 14.3 Å². The third-order valence-corrected chi connectivity index (χ3v) is 6.14. The fourth-order valence-corrected chi connectivity index (χ4v) is 4.42. The maximum absolute atomic E-state index is 13.3. The van der Waals surface area contributed by atoms with Crippen molar-refractivity contribution in [3.05, 3.63) is 59.2 Å². The van der Waals surface area contributed by atoms with Gasteiger partial charge in [0.25, 0.3) is 5.91 Å². The number of ether oxygens (including phenoxy) is 2. The van der Waals surface area contributed by atoms with E-state index in [0.29, 0.717) is 13.0 Å². The highest BCUT2D eigenvalue weighted by Gasteiger charge is 2.34. The average molecular weight is 405 g/mol. The molecule has 6 nitrogen and oxygen atoms in total. The molecule has 0 N–H and O–H groups in total. The molecule has 3 aliphatic rings. The number of benzene rings is 2. The highest BCUT2D eigenvalue weighted by Crippen LogP contribution is 2.39. The zero-order valence-corrected chi connectivity index (χ0v) is 17.3. The van der Waals surface area contributed by atoms with Crippen LogP contribution < -0.4 is 9.47 Å². The number of carbonyl (C=O) groups is 1. The zero-order valence-electron chi connectivity index (χ0n) is 17.3. The molecule has 0 aliphatic carbocycles. The number of piperidine rings is 1. The average Bonchev–Trinajstić information content (AvgIpc) is 3.42. The van der Waals surface area contributed by atoms with Crippen LogP contribution in [-0.2, 0) is 4.79 Å². The van der Waals surface area contributed by atoms with E-state index in [4.69, 9.17) is 14.6 Å². The van der Waals surface area contributed by atoms with Crippen LogP contribution in [0.5, 0.6) is 11.5 Å². The number of aryl methyl sites for hydroxylation is 1. The van der Waals surface area contributed by atoms with E-state index in [1.807, 2.05) is 18.2 Å². The fourth-order valence-electron chi connectivity index (χ4n) is 4.42. The standard InChI is InChI=1S/C24H27N3O3/c1-17-5-7-18(8-6-17)20-14-21(19-9-10-22-23(13-19)30-16-29-22)27(25-20)24(28)15-26-11-3-2-4-12-26/h5-10,13,21H,2-4,11-12,14-16H2,1H3. The molecule has 5 rings (SSSR count). The van der Waals surface area contributed by atoms with Crippen LogP contribution in [0.15, 0.2) is 47.6 Å². The maximum Gasteiger partial charge on any atom is 0.257 e. The van der Waals surface area contributed by atoms with Crippen molar-refractivity contribution >= 4 is 11.6 Å². The second-order valence-corrected chi connectivity index (χ2v) is 8.32. The molecule has 30 heavy (non-hydrogen) atoms. The molecule has 0 radical (unpaired) electrons. The number of carbonyl (C=O) groups excluding carboxylic acids is 1. The van der Waals surface area contributed by atoms with Crippen molar-refractivity contribution in [3.8, 4) is 11.5 Å². The molecule has 2 aromatic carbocycles. The summed E-state index contributed by atoms with van der Waals surface area (Å²) in [5.74, 6) is 1.55. The lowest BCUT2D eigenvalue weighted by Gasteiger charge is -2.29. The molecule has 3 heterocycles. The summed E-state index contributed by atoms with van der Waals surface area (Å²) in [6.07, 6.45) is 4.27. The molecule has 0 bridgehead atoms. The lowest BCUT2D eigenvalue weighted by molar-refractivity contribution is -0.134. The first-order chi connectivity index (χ1) is 14.7. The number of hydrogen-bond donors (Lipinski definition) is 0. The maximum atomic E-state index is 13.3. The summed E-state index contributed by atoms with van der Waals surface area (Å²) >= 11 is 0. The molecule has 0 saturated carbocycles. The van der Waals surface area contributed by atoms with Gasteiger partial charge in [0.2, 0.25) is 6.79 Å². The third-order valence-electron chi connectivity index (χ3n) is 6.14. The van der Waals surface area contributed by atoms with Crippen molar-refractivity contribution in [2.75, 3.05) is 26.4 Å². The number of hydrazone groups is 1. The second kappa shape index (κ2) is 8.11. The number of rotatable bonds is 4. The minimum absolute atomic E-state index is 0.0571. The van der Waals surface area contributed by atoms with Crippen LogP contribution in [0.1, 0.15) is 48.4 Å². The van der Waals surface area contributed by atoms with Gasteiger partial charge < -0.3 is 9.47 Å².